The van der Waals surface area contributed by atoms with E-state index in [4.69, 9.17) is 0 Å². The van der Waals surface area contributed by atoms with E-state index in [-0.39, 0.29) is 11.7 Å². The largest absolute Gasteiger partial charge is 0.373 e. The van der Waals surface area contributed by atoms with Gasteiger partial charge in [-0.1, -0.05) is 19.9 Å². The highest BCUT2D eigenvalue weighted by Crippen LogP contribution is 2.35. The molecule has 0 fully saturated rings. The SMILES string of the molecule is CNc1cc(N2CCc3ccc(F)cc32)nc(C(C)C)n1. The van der Waals surface area contributed by atoms with Crippen LogP contribution in [0.4, 0.5) is 21.7 Å². The van der Waals surface area contributed by atoms with Gasteiger partial charge in [0.25, 0.3) is 0 Å². The van der Waals surface area contributed by atoms with Crippen LogP contribution < -0.4 is 10.2 Å². The molecule has 0 saturated carbocycles. The summed E-state index contributed by atoms with van der Waals surface area (Å²) in [6.07, 6.45) is 0.908. The van der Waals surface area contributed by atoms with Gasteiger partial charge in [-0.05, 0) is 24.1 Å². The van der Waals surface area contributed by atoms with Gasteiger partial charge in [0.2, 0.25) is 0 Å². The Morgan fingerprint density at radius 2 is 2.05 bits per heavy atom. The molecule has 2 heterocycles. The molecule has 0 aliphatic carbocycles. The molecule has 1 N–H and O–H groups in total. The van der Waals surface area contributed by atoms with E-state index >= 15 is 0 Å². The van der Waals surface area contributed by atoms with E-state index in [0.29, 0.717) is 0 Å². The van der Waals surface area contributed by atoms with Crippen LogP contribution in [-0.2, 0) is 6.42 Å². The highest BCUT2D eigenvalue weighted by Gasteiger charge is 2.23. The van der Waals surface area contributed by atoms with Crippen LogP contribution >= 0.6 is 0 Å². The molecule has 5 heteroatoms. The third-order valence-corrected chi connectivity index (χ3v) is 3.72. The summed E-state index contributed by atoms with van der Waals surface area (Å²) in [6, 6.07) is 6.86. The molecule has 110 valence electrons. The van der Waals surface area contributed by atoms with Gasteiger partial charge in [-0.15, -0.1) is 0 Å². The Morgan fingerprint density at radius 1 is 1.24 bits per heavy atom. The first-order chi connectivity index (χ1) is 10.1. The topological polar surface area (TPSA) is 41.0 Å². The van der Waals surface area contributed by atoms with Gasteiger partial charge < -0.3 is 10.2 Å². The standard InChI is InChI=1S/C16H19FN4/c1-10(2)16-19-14(18-3)9-15(20-16)21-7-6-11-4-5-12(17)8-13(11)21/h4-5,8-10H,6-7H2,1-3H3,(H,18,19,20). The molecule has 21 heavy (non-hydrogen) atoms. The Balaban J connectivity index is 2.06. The highest BCUT2D eigenvalue weighted by molar-refractivity contribution is 5.69. The van der Waals surface area contributed by atoms with Crippen molar-refractivity contribution in [1.29, 1.82) is 0 Å². The van der Waals surface area contributed by atoms with E-state index in [9.17, 15) is 4.39 Å². The molecule has 0 atom stereocenters. The first-order valence-electron chi connectivity index (χ1n) is 7.21. The minimum absolute atomic E-state index is 0.215. The second kappa shape index (κ2) is 5.31. The number of nitrogens with one attached hydrogen (secondary N) is 1. The maximum atomic E-state index is 13.5. The van der Waals surface area contributed by atoms with Gasteiger partial charge in [-0.25, -0.2) is 14.4 Å². The van der Waals surface area contributed by atoms with Gasteiger partial charge in [0.15, 0.2) is 0 Å². The van der Waals surface area contributed by atoms with Gasteiger partial charge in [0, 0.05) is 31.3 Å². The monoisotopic (exact) mass is 286 g/mol. The average Bonchev–Trinajstić information content (AvgIpc) is 2.89. The molecule has 0 amide bonds. The Morgan fingerprint density at radius 3 is 2.76 bits per heavy atom. The number of aromatic nitrogens is 2. The van der Waals surface area contributed by atoms with E-state index in [1.165, 1.54) is 6.07 Å². The summed E-state index contributed by atoms with van der Waals surface area (Å²) in [5.41, 5.74) is 2.07. The van der Waals surface area contributed by atoms with Gasteiger partial charge >= 0.3 is 0 Å². The fourth-order valence-corrected chi connectivity index (χ4v) is 2.57. The second-order valence-electron chi connectivity index (χ2n) is 5.55. The number of benzene rings is 1. The lowest BCUT2D eigenvalue weighted by molar-refractivity contribution is 0.628. The van der Waals surface area contributed by atoms with Crippen LogP contribution in [0.1, 0.15) is 31.2 Å². The van der Waals surface area contributed by atoms with Crippen LogP contribution in [0.5, 0.6) is 0 Å². The maximum absolute atomic E-state index is 13.5. The molecule has 0 bridgehead atoms. The molecular formula is C16H19FN4. The Kier molecular flexibility index (Phi) is 3.49. The Hall–Kier alpha value is -2.17. The zero-order valence-corrected chi connectivity index (χ0v) is 12.5. The number of hydrogen-bond donors (Lipinski definition) is 1. The first kappa shape index (κ1) is 13.8. The summed E-state index contributed by atoms with van der Waals surface area (Å²) < 4.78 is 13.5. The number of halogens is 1. The molecule has 1 aliphatic heterocycles. The lowest BCUT2D eigenvalue weighted by atomic mass is 10.2. The van der Waals surface area contributed by atoms with Crippen molar-refractivity contribution in [3.8, 4) is 0 Å². The van der Waals surface area contributed by atoms with E-state index in [1.807, 2.05) is 19.2 Å². The van der Waals surface area contributed by atoms with Gasteiger partial charge in [0.05, 0.1) is 0 Å². The fourth-order valence-electron chi connectivity index (χ4n) is 2.57. The van der Waals surface area contributed by atoms with Crippen molar-refractivity contribution < 1.29 is 4.39 Å². The van der Waals surface area contributed by atoms with Crippen LogP contribution in [0.3, 0.4) is 0 Å². The van der Waals surface area contributed by atoms with E-state index in [1.54, 1.807) is 6.07 Å². The van der Waals surface area contributed by atoms with E-state index in [2.05, 4.69) is 34.0 Å². The molecule has 2 aromatic rings. The van der Waals surface area contributed by atoms with Gasteiger partial charge in [-0.3, -0.25) is 0 Å². The summed E-state index contributed by atoms with van der Waals surface area (Å²) in [4.78, 5) is 11.2. The predicted octanol–water partition coefficient (Wildman–Crippen LogP) is 3.48. The van der Waals surface area contributed by atoms with Crippen molar-refractivity contribution in [1.82, 2.24) is 9.97 Å². The third kappa shape index (κ3) is 2.55. The van der Waals surface area contributed by atoms with Gasteiger partial charge in [-0.2, -0.15) is 0 Å². The summed E-state index contributed by atoms with van der Waals surface area (Å²) in [6.45, 7) is 4.95. The van der Waals surface area contributed by atoms with Crippen molar-refractivity contribution in [2.24, 2.45) is 0 Å². The van der Waals surface area contributed by atoms with Crippen molar-refractivity contribution in [2.45, 2.75) is 26.2 Å². The lowest BCUT2D eigenvalue weighted by Gasteiger charge is -2.20. The predicted molar refractivity (Wildman–Crippen MR) is 82.8 cm³/mol. The van der Waals surface area contributed by atoms with Crippen molar-refractivity contribution in [3.63, 3.8) is 0 Å². The van der Waals surface area contributed by atoms with Crippen LogP contribution in [0, 0.1) is 5.82 Å². The van der Waals surface area contributed by atoms with E-state index < -0.39 is 0 Å². The number of hydrogen-bond acceptors (Lipinski definition) is 4. The zero-order valence-electron chi connectivity index (χ0n) is 12.5. The molecular weight excluding hydrogens is 267 g/mol. The van der Waals surface area contributed by atoms with Crippen molar-refractivity contribution in [2.75, 3.05) is 23.8 Å². The molecule has 4 nitrogen and oxygen atoms in total. The summed E-state index contributed by atoms with van der Waals surface area (Å²) in [5.74, 6) is 2.43. The van der Waals surface area contributed by atoms with E-state index in [0.717, 1.165) is 41.7 Å². The van der Waals surface area contributed by atoms with Crippen molar-refractivity contribution in [3.05, 3.63) is 41.5 Å². The average molecular weight is 286 g/mol. The number of fused-ring (bicyclic) bond motifs is 1. The highest BCUT2D eigenvalue weighted by atomic mass is 19.1. The fraction of sp³-hybridized carbons (Fsp3) is 0.375. The first-order valence-corrected chi connectivity index (χ1v) is 7.21. The quantitative estimate of drug-likeness (QED) is 0.938. The lowest BCUT2D eigenvalue weighted by Crippen LogP contribution is -2.17. The maximum Gasteiger partial charge on any atom is 0.138 e. The molecule has 0 radical (unpaired) electrons. The zero-order chi connectivity index (χ0) is 15.0. The molecule has 1 aromatic heterocycles. The second-order valence-corrected chi connectivity index (χ2v) is 5.55. The number of nitrogens with zero attached hydrogens (tertiary/aromatic N) is 3. The summed E-state index contributed by atoms with van der Waals surface area (Å²) in [7, 11) is 1.84. The minimum Gasteiger partial charge on any atom is -0.373 e. The molecule has 0 spiro atoms. The van der Waals surface area contributed by atoms with Crippen LogP contribution in [0.2, 0.25) is 0 Å². The normalized spacial score (nSPS) is 13.7. The molecule has 0 unspecified atom stereocenters. The minimum atomic E-state index is -0.215. The molecule has 1 aliphatic rings. The van der Waals surface area contributed by atoms with Crippen LogP contribution in [0.25, 0.3) is 0 Å². The summed E-state index contributed by atoms with van der Waals surface area (Å²) in [5, 5.41) is 3.07. The molecule has 3 rings (SSSR count). The van der Waals surface area contributed by atoms with Crippen LogP contribution in [-0.4, -0.2) is 23.6 Å². The van der Waals surface area contributed by atoms with Crippen LogP contribution in [0.15, 0.2) is 24.3 Å². The van der Waals surface area contributed by atoms with Crippen molar-refractivity contribution >= 4 is 17.3 Å². The smallest absolute Gasteiger partial charge is 0.138 e. The number of rotatable bonds is 3. The Bertz CT molecular complexity index is 669. The molecule has 0 saturated heterocycles. The Labute approximate surface area is 124 Å². The third-order valence-electron chi connectivity index (χ3n) is 3.72. The number of anilines is 3. The molecule has 1 aromatic carbocycles. The summed E-state index contributed by atoms with van der Waals surface area (Å²) >= 11 is 0. The van der Waals surface area contributed by atoms with Gasteiger partial charge in [0.1, 0.15) is 23.3 Å².